The second-order valence-electron chi connectivity index (χ2n) is 5.31. The summed E-state index contributed by atoms with van der Waals surface area (Å²) in [5.74, 6) is 0. The van der Waals surface area contributed by atoms with Crippen molar-refractivity contribution in [2.75, 3.05) is 27.2 Å². The van der Waals surface area contributed by atoms with Gasteiger partial charge >= 0.3 is 0 Å². The number of likely N-dealkylation sites (N-methyl/N-ethyl adjacent to an activating group) is 1. The first-order valence-corrected chi connectivity index (χ1v) is 8.82. The average Bonchev–Trinajstić information content (AvgIpc) is 2.47. The maximum atomic E-state index is 12.2. The molecule has 0 saturated carbocycles. The molecule has 0 fully saturated rings. The van der Waals surface area contributed by atoms with Crippen LogP contribution in [0.1, 0.15) is 25.8 Å². The number of hydrogen-bond acceptors (Lipinski definition) is 4. The molecule has 0 radical (unpaired) electrons. The van der Waals surface area contributed by atoms with E-state index in [2.05, 4.69) is 28.8 Å². The minimum absolute atomic E-state index is 0.313. The molecule has 1 rings (SSSR count). The fraction of sp³-hybridized carbons (Fsp3) is 0.600. The van der Waals surface area contributed by atoms with Crippen molar-refractivity contribution in [3.63, 3.8) is 0 Å². The van der Waals surface area contributed by atoms with Gasteiger partial charge in [0, 0.05) is 25.7 Å². The molecular formula is C15H27N3O2S. The van der Waals surface area contributed by atoms with Crippen molar-refractivity contribution in [3.8, 4) is 0 Å². The SMILES string of the molecule is CCC(C)N(C)CCNS(=O)(=O)c1ccc(CNC)cc1. The summed E-state index contributed by atoms with van der Waals surface area (Å²) in [5, 5.41) is 3.03. The Kier molecular flexibility index (Phi) is 7.31. The third-order valence-electron chi connectivity index (χ3n) is 3.71. The van der Waals surface area contributed by atoms with Gasteiger partial charge < -0.3 is 10.2 Å². The molecule has 6 heteroatoms. The van der Waals surface area contributed by atoms with Crippen LogP contribution in [-0.4, -0.2) is 46.5 Å². The standard InChI is InChI=1S/C15H27N3O2S/c1-5-13(2)18(4)11-10-17-21(19,20)15-8-6-14(7-9-15)12-16-3/h6-9,13,16-17H,5,10-12H2,1-4H3. The van der Waals surface area contributed by atoms with E-state index in [4.69, 9.17) is 0 Å². The maximum absolute atomic E-state index is 12.2. The monoisotopic (exact) mass is 313 g/mol. The van der Waals surface area contributed by atoms with E-state index in [1.807, 2.05) is 26.2 Å². The zero-order valence-electron chi connectivity index (χ0n) is 13.4. The molecule has 0 saturated heterocycles. The van der Waals surface area contributed by atoms with Crippen LogP contribution in [0, 0.1) is 0 Å². The molecule has 21 heavy (non-hydrogen) atoms. The highest BCUT2D eigenvalue weighted by Crippen LogP contribution is 2.10. The van der Waals surface area contributed by atoms with E-state index < -0.39 is 10.0 Å². The molecule has 0 heterocycles. The number of sulfonamides is 1. The van der Waals surface area contributed by atoms with Crippen LogP contribution in [0.4, 0.5) is 0 Å². The van der Waals surface area contributed by atoms with Gasteiger partial charge in [0.25, 0.3) is 0 Å². The largest absolute Gasteiger partial charge is 0.316 e. The van der Waals surface area contributed by atoms with Crippen LogP contribution in [0.5, 0.6) is 0 Å². The molecule has 1 aromatic rings. The molecule has 120 valence electrons. The quantitative estimate of drug-likeness (QED) is 0.724. The van der Waals surface area contributed by atoms with Gasteiger partial charge in [0.2, 0.25) is 10.0 Å². The van der Waals surface area contributed by atoms with Gasteiger partial charge in [0.05, 0.1) is 4.90 Å². The molecule has 0 aliphatic rings. The van der Waals surface area contributed by atoms with Gasteiger partial charge in [-0.15, -0.1) is 0 Å². The molecule has 0 bridgehead atoms. The van der Waals surface area contributed by atoms with Crippen molar-refractivity contribution in [2.24, 2.45) is 0 Å². The lowest BCUT2D eigenvalue weighted by Crippen LogP contribution is -2.37. The molecule has 1 atom stereocenters. The van der Waals surface area contributed by atoms with E-state index >= 15 is 0 Å². The number of nitrogens with one attached hydrogen (secondary N) is 2. The van der Waals surface area contributed by atoms with Crippen LogP contribution in [0.3, 0.4) is 0 Å². The summed E-state index contributed by atoms with van der Waals surface area (Å²) in [4.78, 5) is 2.46. The predicted molar refractivity (Wildman–Crippen MR) is 86.8 cm³/mol. The Morgan fingerprint density at radius 3 is 2.38 bits per heavy atom. The summed E-state index contributed by atoms with van der Waals surface area (Å²) >= 11 is 0. The Bertz CT molecular complexity index is 514. The fourth-order valence-corrected chi connectivity index (χ4v) is 2.98. The van der Waals surface area contributed by atoms with Crippen LogP contribution in [-0.2, 0) is 16.6 Å². The molecule has 1 unspecified atom stereocenters. The lowest BCUT2D eigenvalue weighted by atomic mass is 10.2. The Labute approximate surface area is 128 Å². The van der Waals surface area contributed by atoms with E-state index in [-0.39, 0.29) is 0 Å². The van der Waals surface area contributed by atoms with Gasteiger partial charge in [-0.05, 0) is 45.1 Å². The Morgan fingerprint density at radius 2 is 1.86 bits per heavy atom. The zero-order chi connectivity index (χ0) is 15.9. The number of benzene rings is 1. The van der Waals surface area contributed by atoms with E-state index in [1.54, 1.807) is 12.1 Å². The number of hydrogen-bond donors (Lipinski definition) is 2. The van der Waals surface area contributed by atoms with Crippen molar-refractivity contribution in [2.45, 2.75) is 37.8 Å². The van der Waals surface area contributed by atoms with Gasteiger partial charge in [-0.25, -0.2) is 13.1 Å². The maximum Gasteiger partial charge on any atom is 0.240 e. The topological polar surface area (TPSA) is 61.4 Å². The average molecular weight is 313 g/mol. The highest BCUT2D eigenvalue weighted by Gasteiger charge is 2.14. The second kappa shape index (κ2) is 8.48. The van der Waals surface area contributed by atoms with Crippen molar-refractivity contribution in [3.05, 3.63) is 29.8 Å². The Hall–Kier alpha value is -0.950. The summed E-state index contributed by atoms with van der Waals surface area (Å²) in [5.41, 5.74) is 1.06. The summed E-state index contributed by atoms with van der Waals surface area (Å²) in [6, 6.07) is 7.41. The molecule has 0 aliphatic heterocycles. The normalized spacial score (nSPS) is 13.6. The first-order chi connectivity index (χ1) is 9.90. The fourth-order valence-electron chi connectivity index (χ4n) is 1.96. The molecule has 0 aromatic heterocycles. The van der Waals surface area contributed by atoms with Crippen molar-refractivity contribution < 1.29 is 8.42 Å². The molecule has 0 aliphatic carbocycles. The molecule has 2 N–H and O–H groups in total. The summed E-state index contributed by atoms with van der Waals surface area (Å²) in [6.07, 6.45) is 1.05. The molecule has 0 spiro atoms. The van der Waals surface area contributed by atoms with Gasteiger partial charge in [-0.3, -0.25) is 0 Å². The van der Waals surface area contributed by atoms with Crippen molar-refractivity contribution in [1.29, 1.82) is 0 Å². The van der Waals surface area contributed by atoms with Gasteiger partial charge in [-0.1, -0.05) is 19.1 Å². The highest BCUT2D eigenvalue weighted by atomic mass is 32.2. The lowest BCUT2D eigenvalue weighted by molar-refractivity contribution is 0.256. The Morgan fingerprint density at radius 1 is 1.24 bits per heavy atom. The van der Waals surface area contributed by atoms with E-state index in [9.17, 15) is 8.42 Å². The van der Waals surface area contributed by atoms with Crippen LogP contribution in [0.15, 0.2) is 29.2 Å². The zero-order valence-corrected chi connectivity index (χ0v) is 14.2. The summed E-state index contributed by atoms with van der Waals surface area (Å²) in [6.45, 7) is 6.11. The van der Waals surface area contributed by atoms with E-state index in [0.29, 0.717) is 24.0 Å². The summed E-state index contributed by atoms with van der Waals surface area (Å²) in [7, 11) is 0.453. The van der Waals surface area contributed by atoms with Crippen LogP contribution < -0.4 is 10.0 Å². The van der Waals surface area contributed by atoms with Gasteiger partial charge in [-0.2, -0.15) is 0 Å². The molecule has 1 aromatic carbocycles. The van der Waals surface area contributed by atoms with Crippen molar-refractivity contribution in [1.82, 2.24) is 14.9 Å². The summed E-state index contributed by atoms with van der Waals surface area (Å²) < 4.78 is 27.0. The highest BCUT2D eigenvalue weighted by molar-refractivity contribution is 7.89. The van der Waals surface area contributed by atoms with Gasteiger partial charge in [0.15, 0.2) is 0 Å². The third kappa shape index (κ3) is 5.74. The predicted octanol–water partition coefficient (Wildman–Crippen LogP) is 1.41. The lowest BCUT2D eigenvalue weighted by Gasteiger charge is -2.23. The molecule has 5 nitrogen and oxygen atoms in total. The third-order valence-corrected chi connectivity index (χ3v) is 5.19. The van der Waals surface area contributed by atoms with Crippen LogP contribution in [0.25, 0.3) is 0 Å². The minimum atomic E-state index is -3.42. The first kappa shape index (κ1) is 18.1. The van der Waals surface area contributed by atoms with Crippen LogP contribution in [0.2, 0.25) is 0 Å². The second-order valence-corrected chi connectivity index (χ2v) is 7.08. The first-order valence-electron chi connectivity index (χ1n) is 7.34. The van der Waals surface area contributed by atoms with E-state index in [1.165, 1.54) is 0 Å². The van der Waals surface area contributed by atoms with E-state index in [0.717, 1.165) is 18.5 Å². The number of nitrogens with zero attached hydrogens (tertiary/aromatic N) is 1. The van der Waals surface area contributed by atoms with Crippen LogP contribution >= 0.6 is 0 Å². The van der Waals surface area contributed by atoms with Gasteiger partial charge in [0.1, 0.15) is 0 Å². The number of rotatable bonds is 9. The molecular weight excluding hydrogens is 286 g/mol. The Balaban J connectivity index is 2.57. The minimum Gasteiger partial charge on any atom is -0.316 e. The smallest absolute Gasteiger partial charge is 0.240 e. The van der Waals surface area contributed by atoms with Crippen molar-refractivity contribution >= 4 is 10.0 Å². The molecule has 0 amide bonds.